The number of hydrogen-bond donors (Lipinski definition) is 2. The summed E-state index contributed by atoms with van der Waals surface area (Å²) in [7, 11) is 0. The predicted octanol–water partition coefficient (Wildman–Crippen LogP) is 2.31. The van der Waals surface area contributed by atoms with Gasteiger partial charge < -0.3 is 9.73 Å². The summed E-state index contributed by atoms with van der Waals surface area (Å²) in [5.74, 6) is -0.715. The van der Waals surface area contributed by atoms with Crippen LogP contribution >= 0.6 is 11.3 Å². The lowest BCUT2D eigenvalue weighted by Gasteiger charge is -2.02. The van der Waals surface area contributed by atoms with Crippen molar-refractivity contribution in [2.75, 3.05) is 5.32 Å². The van der Waals surface area contributed by atoms with Gasteiger partial charge in [-0.2, -0.15) is 4.98 Å². The molecule has 23 heavy (non-hydrogen) atoms. The third-order valence-corrected chi connectivity index (χ3v) is 3.77. The lowest BCUT2D eigenvalue weighted by molar-refractivity contribution is 0.0944. The maximum Gasteiger partial charge on any atom is 0.302 e. The van der Waals surface area contributed by atoms with Crippen LogP contribution in [0.5, 0.6) is 0 Å². The Labute approximate surface area is 135 Å². The molecule has 0 saturated heterocycles. The van der Waals surface area contributed by atoms with Crippen LogP contribution in [-0.2, 0) is 6.54 Å². The first-order chi connectivity index (χ1) is 11.2. The normalized spacial score (nSPS) is 10.3. The SMILES string of the molecule is O=C(NCc1ccncc1)c1coc(NC(=O)c2cccs2)n1. The Bertz CT molecular complexity index is 799. The molecule has 0 radical (unpaired) electrons. The van der Waals surface area contributed by atoms with Gasteiger partial charge in [0.1, 0.15) is 6.26 Å². The Morgan fingerprint density at radius 2 is 2.00 bits per heavy atom. The number of hydrogen-bond acceptors (Lipinski definition) is 6. The Hall–Kier alpha value is -3.00. The van der Waals surface area contributed by atoms with Crippen LogP contribution in [0.2, 0.25) is 0 Å². The highest BCUT2D eigenvalue weighted by Crippen LogP contribution is 2.13. The number of thiophene rings is 1. The predicted molar refractivity (Wildman–Crippen MR) is 84.2 cm³/mol. The quantitative estimate of drug-likeness (QED) is 0.749. The minimum Gasteiger partial charge on any atom is -0.431 e. The molecular weight excluding hydrogens is 316 g/mol. The van der Waals surface area contributed by atoms with Crippen molar-refractivity contribution in [2.45, 2.75) is 6.54 Å². The first-order valence-electron chi connectivity index (χ1n) is 6.70. The van der Waals surface area contributed by atoms with E-state index in [2.05, 4.69) is 20.6 Å². The highest BCUT2D eigenvalue weighted by atomic mass is 32.1. The van der Waals surface area contributed by atoms with Crippen molar-refractivity contribution < 1.29 is 14.0 Å². The number of aromatic nitrogens is 2. The highest BCUT2D eigenvalue weighted by molar-refractivity contribution is 7.12. The van der Waals surface area contributed by atoms with Crippen molar-refractivity contribution in [1.29, 1.82) is 0 Å². The summed E-state index contributed by atoms with van der Waals surface area (Å²) in [4.78, 5) is 32.2. The van der Waals surface area contributed by atoms with Crippen LogP contribution in [0.15, 0.2) is 52.7 Å². The molecule has 3 aromatic rings. The molecule has 0 bridgehead atoms. The second-order valence-electron chi connectivity index (χ2n) is 4.51. The standard InChI is InChI=1S/C15H12N4O3S/c20-13(17-8-10-3-5-16-6-4-10)11-9-22-15(18-11)19-14(21)12-2-1-7-23-12/h1-7,9H,8H2,(H,17,20)(H,18,19,21). The molecule has 0 aromatic carbocycles. The lowest BCUT2D eigenvalue weighted by Crippen LogP contribution is -2.23. The Morgan fingerprint density at radius 3 is 2.74 bits per heavy atom. The van der Waals surface area contributed by atoms with E-state index in [0.29, 0.717) is 11.4 Å². The molecule has 0 aliphatic rings. The lowest BCUT2D eigenvalue weighted by atomic mass is 10.2. The van der Waals surface area contributed by atoms with Crippen molar-refractivity contribution in [2.24, 2.45) is 0 Å². The van der Waals surface area contributed by atoms with Crippen LogP contribution in [0, 0.1) is 0 Å². The van der Waals surface area contributed by atoms with Crippen molar-refractivity contribution in [3.8, 4) is 0 Å². The van der Waals surface area contributed by atoms with Gasteiger partial charge in [0, 0.05) is 18.9 Å². The molecule has 0 aliphatic carbocycles. The van der Waals surface area contributed by atoms with E-state index in [0.717, 1.165) is 5.56 Å². The number of carbonyl (C=O) groups is 2. The Morgan fingerprint density at radius 1 is 1.17 bits per heavy atom. The number of carbonyl (C=O) groups excluding carboxylic acids is 2. The van der Waals surface area contributed by atoms with E-state index in [-0.39, 0.29) is 23.5 Å². The first kappa shape index (κ1) is 14.9. The Balaban J connectivity index is 1.58. The summed E-state index contributed by atoms with van der Waals surface area (Å²) in [6.07, 6.45) is 4.50. The van der Waals surface area contributed by atoms with Gasteiger partial charge in [0.25, 0.3) is 11.8 Å². The van der Waals surface area contributed by atoms with Crippen LogP contribution in [0.3, 0.4) is 0 Å². The molecule has 3 aromatic heterocycles. The fraction of sp³-hybridized carbons (Fsp3) is 0.0667. The molecule has 0 atom stereocenters. The molecule has 2 N–H and O–H groups in total. The fourth-order valence-corrected chi connectivity index (χ4v) is 2.39. The molecule has 3 heterocycles. The molecule has 2 amide bonds. The maximum atomic E-state index is 12.0. The second-order valence-corrected chi connectivity index (χ2v) is 5.46. The van der Waals surface area contributed by atoms with Gasteiger partial charge in [-0.1, -0.05) is 6.07 Å². The van der Waals surface area contributed by atoms with Gasteiger partial charge in [-0.25, -0.2) is 0 Å². The van der Waals surface area contributed by atoms with Crippen molar-refractivity contribution >= 4 is 29.2 Å². The monoisotopic (exact) mass is 328 g/mol. The average molecular weight is 328 g/mol. The van der Waals surface area contributed by atoms with E-state index in [4.69, 9.17) is 4.42 Å². The summed E-state index contributed by atoms with van der Waals surface area (Å²) >= 11 is 1.30. The van der Waals surface area contributed by atoms with E-state index in [9.17, 15) is 9.59 Å². The molecule has 0 aliphatic heterocycles. The van der Waals surface area contributed by atoms with E-state index in [1.54, 1.807) is 42.0 Å². The van der Waals surface area contributed by atoms with E-state index in [1.807, 2.05) is 0 Å². The second kappa shape index (κ2) is 6.84. The third kappa shape index (κ3) is 3.80. The summed E-state index contributed by atoms with van der Waals surface area (Å²) in [6.45, 7) is 0.352. The molecule has 116 valence electrons. The molecule has 0 unspecified atom stereocenters. The number of anilines is 1. The number of rotatable bonds is 5. The Kier molecular flexibility index (Phi) is 4.44. The summed E-state index contributed by atoms with van der Waals surface area (Å²) in [5.41, 5.74) is 1.02. The van der Waals surface area contributed by atoms with Crippen molar-refractivity contribution in [1.82, 2.24) is 15.3 Å². The van der Waals surface area contributed by atoms with Gasteiger partial charge >= 0.3 is 6.01 Å². The molecule has 0 fully saturated rings. The molecular formula is C15H12N4O3S. The zero-order valence-corrected chi connectivity index (χ0v) is 12.7. The molecule has 0 saturated carbocycles. The van der Waals surface area contributed by atoms with E-state index >= 15 is 0 Å². The van der Waals surface area contributed by atoms with Crippen LogP contribution in [-0.4, -0.2) is 21.8 Å². The minimum absolute atomic E-state index is 0.0162. The summed E-state index contributed by atoms with van der Waals surface area (Å²) in [5, 5.41) is 7.00. The average Bonchev–Trinajstić information content (AvgIpc) is 3.25. The van der Waals surface area contributed by atoms with Crippen LogP contribution in [0.4, 0.5) is 6.01 Å². The van der Waals surface area contributed by atoms with Crippen molar-refractivity contribution in [3.63, 3.8) is 0 Å². The number of pyridine rings is 1. The molecule has 8 heteroatoms. The van der Waals surface area contributed by atoms with Gasteiger partial charge in [-0.15, -0.1) is 11.3 Å². The summed E-state index contributed by atoms with van der Waals surface area (Å²) in [6, 6.07) is 7.04. The van der Waals surface area contributed by atoms with Crippen LogP contribution < -0.4 is 10.6 Å². The smallest absolute Gasteiger partial charge is 0.302 e. The van der Waals surface area contributed by atoms with Crippen LogP contribution in [0.25, 0.3) is 0 Å². The molecule has 7 nitrogen and oxygen atoms in total. The zero-order valence-electron chi connectivity index (χ0n) is 11.9. The van der Waals surface area contributed by atoms with Crippen LogP contribution in [0.1, 0.15) is 25.7 Å². The molecule has 3 rings (SSSR count). The van der Waals surface area contributed by atoms with Gasteiger partial charge in [0.2, 0.25) is 0 Å². The topological polar surface area (TPSA) is 97.1 Å². The van der Waals surface area contributed by atoms with Crippen molar-refractivity contribution in [3.05, 3.63) is 64.4 Å². The number of nitrogens with one attached hydrogen (secondary N) is 2. The highest BCUT2D eigenvalue weighted by Gasteiger charge is 2.15. The van der Waals surface area contributed by atoms with Gasteiger partial charge in [0.05, 0.1) is 4.88 Å². The number of oxazole rings is 1. The first-order valence-corrected chi connectivity index (χ1v) is 7.58. The van der Waals surface area contributed by atoms with Gasteiger partial charge in [-0.3, -0.25) is 19.9 Å². The minimum atomic E-state index is -0.387. The largest absolute Gasteiger partial charge is 0.431 e. The van der Waals surface area contributed by atoms with Gasteiger partial charge in [0.15, 0.2) is 5.69 Å². The molecule has 0 spiro atoms. The van der Waals surface area contributed by atoms with E-state index < -0.39 is 0 Å². The maximum absolute atomic E-state index is 12.0. The number of nitrogens with zero attached hydrogens (tertiary/aromatic N) is 2. The fourth-order valence-electron chi connectivity index (χ4n) is 1.78. The van der Waals surface area contributed by atoms with Gasteiger partial charge in [-0.05, 0) is 29.1 Å². The van der Waals surface area contributed by atoms with E-state index in [1.165, 1.54) is 17.6 Å². The number of amides is 2. The zero-order chi connectivity index (χ0) is 16.1. The summed E-state index contributed by atoms with van der Waals surface area (Å²) < 4.78 is 5.10. The third-order valence-electron chi connectivity index (χ3n) is 2.90.